The lowest BCUT2D eigenvalue weighted by Gasteiger charge is -2.11. The van der Waals surface area contributed by atoms with Crippen LogP contribution in [0.15, 0.2) is 102 Å². The first kappa shape index (κ1) is 22.3. The number of halogens is 1. The van der Waals surface area contributed by atoms with Gasteiger partial charge in [0.1, 0.15) is 11.6 Å². The van der Waals surface area contributed by atoms with Crippen molar-refractivity contribution in [3.63, 3.8) is 0 Å². The summed E-state index contributed by atoms with van der Waals surface area (Å²) in [5, 5.41) is 10.0. The quantitative estimate of drug-likeness (QED) is 0.334. The zero-order valence-electron chi connectivity index (χ0n) is 18.7. The molecule has 6 nitrogen and oxygen atoms in total. The first-order chi connectivity index (χ1) is 17.1. The molecule has 35 heavy (non-hydrogen) atoms. The van der Waals surface area contributed by atoms with Crippen LogP contribution >= 0.6 is 11.6 Å². The van der Waals surface area contributed by atoms with Crippen molar-refractivity contribution in [2.24, 2.45) is 0 Å². The molecule has 3 heterocycles. The van der Waals surface area contributed by atoms with Crippen molar-refractivity contribution in [3.05, 3.63) is 135 Å². The molecule has 0 aliphatic heterocycles. The van der Waals surface area contributed by atoms with Gasteiger partial charge in [0.2, 0.25) is 0 Å². The van der Waals surface area contributed by atoms with Crippen molar-refractivity contribution in [2.75, 3.05) is 0 Å². The van der Waals surface area contributed by atoms with Gasteiger partial charge in [0.15, 0.2) is 0 Å². The molecule has 0 saturated heterocycles. The molecular weight excluding hydrogens is 458 g/mol. The van der Waals surface area contributed by atoms with Crippen molar-refractivity contribution in [1.29, 1.82) is 5.26 Å². The maximum absolute atomic E-state index is 12.1. The molecule has 5 aromatic rings. The zero-order chi connectivity index (χ0) is 24.2. The smallest absolute Gasteiger partial charge is 0.256 e. The first-order valence-electron chi connectivity index (χ1n) is 11.0. The Morgan fingerprint density at radius 3 is 2.54 bits per heavy atom. The number of benzene rings is 2. The van der Waals surface area contributed by atoms with Crippen LogP contribution in [0.4, 0.5) is 0 Å². The molecule has 0 spiro atoms. The van der Waals surface area contributed by atoms with E-state index in [0.29, 0.717) is 29.4 Å². The topological polar surface area (TPSA) is 76.5 Å². The molecule has 0 aliphatic carbocycles. The molecular formula is C28H20ClN5O. The number of nitriles is 1. The Morgan fingerprint density at radius 2 is 1.77 bits per heavy atom. The van der Waals surface area contributed by atoms with E-state index in [2.05, 4.69) is 26.7 Å². The van der Waals surface area contributed by atoms with Crippen LogP contribution in [0, 0.1) is 11.3 Å². The van der Waals surface area contributed by atoms with E-state index in [1.54, 1.807) is 30.7 Å². The predicted octanol–water partition coefficient (Wildman–Crippen LogP) is 5.26. The van der Waals surface area contributed by atoms with Crippen molar-refractivity contribution in [1.82, 2.24) is 19.1 Å². The van der Waals surface area contributed by atoms with Gasteiger partial charge in [-0.25, -0.2) is 9.97 Å². The fraction of sp³-hybridized carbons (Fsp3) is 0.0714. The molecule has 0 bridgehead atoms. The van der Waals surface area contributed by atoms with Crippen LogP contribution in [0.1, 0.15) is 22.5 Å². The van der Waals surface area contributed by atoms with Crippen LogP contribution in [-0.4, -0.2) is 19.1 Å². The highest BCUT2D eigenvalue weighted by Crippen LogP contribution is 2.25. The van der Waals surface area contributed by atoms with Crippen molar-refractivity contribution < 1.29 is 0 Å². The lowest BCUT2D eigenvalue weighted by Crippen LogP contribution is -2.17. The molecule has 5 rings (SSSR count). The van der Waals surface area contributed by atoms with Gasteiger partial charge in [0.25, 0.3) is 5.56 Å². The number of hydrogen-bond donors (Lipinski definition) is 0. The molecule has 0 radical (unpaired) electrons. The summed E-state index contributed by atoms with van der Waals surface area (Å²) >= 11 is 6.02. The normalized spacial score (nSPS) is 10.7. The molecule has 0 aliphatic rings. The van der Waals surface area contributed by atoms with Gasteiger partial charge >= 0.3 is 0 Å². The third-order valence-electron chi connectivity index (χ3n) is 5.74. The van der Waals surface area contributed by atoms with E-state index < -0.39 is 0 Å². The second-order valence-electron chi connectivity index (χ2n) is 8.09. The first-order valence-corrected chi connectivity index (χ1v) is 11.4. The summed E-state index contributed by atoms with van der Waals surface area (Å²) in [6.45, 7) is 0.592. The second kappa shape index (κ2) is 9.80. The monoisotopic (exact) mass is 477 g/mol. The largest absolute Gasteiger partial charge is 0.330 e. The van der Waals surface area contributed by atoms with E-state index in [1.807, 2.05) is 54.7 Å². The van der Waals surface area contributed by atoms with E-state index >= 15 is 0 Å². The highest BCUT2D eigenvalue weighted by Gasteiger charge is 2.10. The fourth-order valence-corrected chi connectivity index (χ4v) is 4.14. The Labute approximate surface area is 207 Å². The summed E-state index contributed by atoms with van der Waals surface area (Å²) in [6, 6.07) is 24.8. The van der Waals surface area contributed by atoms with Gasteiger partial charge in [-0.15, -0.1) is 0 Å². The summed E-state index contributed by atoms with van der Waals surface area (Å²) in [6.07, 6.45) is 7.65. The van der Waals surface area contributed by atoms with Crippen LogP contribution in [0.3, 0.4) is 0 Å². The van der Waals surface area contributed by atoms with Gasteiger partial charge in [0.05, 0.1) is 23.2 Å². The predicted molar refractivity (Wildman–Crippen MR) is 136 cm³/mol. The summed E-state index contributed by atoms with van der Waals surface area (Å²) in [4.78, 5) is 21.1. The molecule has 0 atom stereocenters. The fourth-order valence-electron chi connectivity index (χ4n) is 3.98. The molecule has 0 amide bonds. The second-order valence-corrected chi connectivity index (χ2v) is 8.52. The zero-order valence-corrected chi connectivity index (χ0v) is 19.4. The van der Waals surface area contributed by atoms with E-state index in [-0.39, 0.29) is 5.56 Å². The van der Waals surface area contributed by atoms with Crippen LogP contribution < -0.4 is 5.56 Å². The van der Waals surface area contributed by atoms with E-state index in [0.717, 1.165) is 28.1 Å². The van der Waals surface area contributed by atoms with Crippen LogP contribution in [0.2, 0.25) is 5.02 Å². The minimum atomic E-state index is -0.191. The molecule has 2 aromatic carbocycles. The van der Waals surface area contributed by atoms with E-state index in [4.69, 9.17) is 11.6 Å². The van der Waals surface area contributed by atoms with Crippen molar-refractivity contribution in [3.8, 4) is 23.0 Å². The highest BCUT2D eigenvalue weighted by molar-refractivity contribution is 6.30. The Kier molecular flexibility index (Phi) is 6.25. The minimum Gasteiger partial charge on any atom is -0.330 e. The molecule has 0 N–H and O–H groups in total. The molecule has 0 fully saturated rings. The molecule has 3 aromatic heterocycles. The van der Waals surface area contributed by atoms with E-state index in [9.17, 15) is 10.1 Å². The summed E-state index contributed by atoms with van der Waals surface area (Å²) in [5.41, 5.74) is 4.44. The summed E-state index contributed by atoms with van der Waals surface area (Å²) in [5.74, 6) is 1.42. The van der Waals surface area contributed by atoms with E-state index in [1.165, 1.54) is 10.6 Å². The van der Waals surface area contributed by atoms with Crippen molar-refractivity contribution in [2.45, 2.75) is 13.0 Å². The Balaban J connectivity index is 1.37. The van der Waals surface area contributed by atoms with Crippen LogP contribution in [0.5, 0.6) is 0 Å². The Morgan fingerprint density at radius 1 is 0.943 bits per heavy atom. The third-order valence-corrected chi connectivity index (χ3v) is 5.96. The summed E-state index contributed by atoms with van der Waals surface area (Å²) < 4.78 is 3.49. The Hall–Kier alpha value is -4.47. The lowest BCUT2D eigenvalue weighted by atomic mass is 9.97. The highest BCUT2D eigenvalue weighted by atomic mass is 35.5. The molecule has 0 unspecified atom stereocenters. The number of pyridine rings is 2. The number of rotatable bonds is 6. The van der Waals surface area contributed by atoms with Gasteiger partial charge in [-0.3, -0.25) is 9.36 Å². The third kappa shape index (κ3) is 4.91. The van der Waals surface area contributed by atoms with Gasteiger partial charge in [-0.1, -0.05) is 54.1 Å². The van der Waals surface area contributed by atoms with Crippen LogP contribution in [0.25, 0.3) is 16.9 Å². The lowest BCUT2D eigenvalue weighted by molar-refractivity contribution is 0.737. The number of aromatic nitrogens is 4. The van der Waals surface area contributed by atoms with Gasteiger partial charge in [0, 0.05) is 37.3 Å². The van der Waals surface area contributed by atoms with Gasteiger partial charge in [-0.2, -0.15) is 5.26 Å². The minimum absolute atomic E-state index is 0.191. The average Bonchev–Trinajstić information content (AvgIpc) is 3.32. The maximum Gasteiger partial charge on any atom is 0.256 e. The van der Waals surface area contributed by atoms with Crippen LogP contribution in [-0.2, 0) is 13.0 Å². The Bertz CT molecular complexity index is 1580. The van der Waals surface area contributed by atoms with Gasteiger partial charge in [-0.05, 0) is 46.5 Å². The molecule has 0 saturated carbocycles. The maximum atomic E-state index is 12.1. The SMILES string of the molecule is N#Cc1ccc(Cc2nccn2Cc2ccc(-n3cc(Cl)ccc3=O)nc2)cc1-c1ccccc1. The molecule has 170 valence electrons. The standard InChI is InChI=1S/C28H20ClN5O/c29-24-9-11-28(35)34(19-24)26-10-7-21(17-32-26)18-33-13-12-31-27(33)15-20-6-8-23(16-30)25(14-20)22-4-2-1-3-5-22/h1-14,17,19H,15,18H2. The van der Waals surface area contributed by atoms with Crippen molar-refractivity contribution >= 4 is 11.6 Å². The van der Waals surface area contributed by atoms with Gasteiger partial charge < -0.3 is 4.57 Å². The summed E-state index contributed by atoms with van der Waals surface area (Å²) in [7, 11) is 0. The average molecular weight is 478 g/mol. The molecule has 7 heteroatoms. The number of nitrogens with zero attached hydrogens (tertiary/aromatic N) is 5. The number of imidazole rings is 1. The number of hydrogen-bond acceptors (Lipinski definition) is 4.